The van der Waals surface area contributed by atoms with E-state index in [4.69, 9.17) is 5.10 Å². The number of amides is 2. The third-order valence-corrected chi connectivity index (χ3v) is 7.06. The highest BCUT2D eigenvalue weighted by Gasteiger charge is 2.28. The molecule has 0 aliphatic carbocycles. The summed E-state index contributed by atoms with van der Waals surface area (Å²) in [6.07, 6.45) is 4.80. The van der Waals surface area contributed by atoms with Crippen LogP contribution in [0.2, 0.25) is 0 Å². The fraction of sp³-hybridized carbons (Fsp3) is 0.258. The van der Waals surface area contributed by atoms with E-state index in [1.165, 1.54) is 0 Å². The molecule has 188 valence electrons. The zero-order valence-electron chi connectivity index (χ0n) is 21.1. The average molecular weight is 493 g/mol. The third-order valence-electron chi connectivity index (χ3n) is 7.06. The predicted molar refractivity (Wildman–Crippen MR) is 147 cm³/mol. The standard InChI is InChI=1S/C31H32N4O2/c1-2-24-11-9-10-16-28(24)32-29(36)21-23-17-19-34(20-18-23)31(37)27-22-35(26-14-7-4-8-15-26)33-30(27)25-12-5-3-6-13-25/h3-16,22-23H,2,17-21H2,1H3,(H,32,36). The van der Waals surface area contributed by atoms with Gasteiger partial charge >= 0.3 is 0 Å². The van der Waals surface area contributed by atoms with Crippen molar-refractivity contribution in [3.8, 4) is 16.9 Å². The molecule has 6 nitrogen and oxygen atoms in total. The second-order valence-corrected chi connectivity index (χ2v) is 9.54. The van der Waals surface area contributed by atoms with Gasteiger partial charge in [-0.15, -0.1) is 0 Å². The van der Waals surface area contributed by atoms with Crippen molar-refractivity contribution in [3.63, 3.8) is 0 Å². The normalized spacial score (nSPS) is 13.9. The SMILES string of the molecule is CCc1ccccc1NC(=O)CC1CCN(C(=O)c2cn(-c3ccccc3)nc2-c2ccccc2)CC1. The molecule has 2 heterocycles. The number of anilines is 1. The Morgan fingerprint density at radius 3 is 2.24 bits per heavy atom. The van der Waals surface area contributed by atoms with Crippen LogP contribution in [0.4, 0.5) is 5.69 Å². The number of hydrogen-bond donors (Lipinski definition) is 1. The Bertz CT molecular complexity index is 1360. The van der Waals surface area contributed by atoms with Crippen LogP contribution in [0.3, 0.4) is 0 Å². The van der Waals surface area contributed by atoms with Gasteiger partial charge in [-0.3, -0.25) is 9.59 Å². The number of aromatic nitrogens is 2. The molecule has 6 heteroatoms. The lowest BCUT2D eigenvalue weighted by Gasteiger charge is -2.31. The lowest BCUT2D eigenvalue weighted by Crippen LogP contribution is -2.39. The summed E-state index contributed by atoms with van der Waals surface area (Å²) in [5.41, 5.74) is 5.15. The van der Waals surface area contributed by atoms with Crippen molar-refractivity contribution in [1.29, 1.82) is 0 Å². The zero-order chi connectivity index (χ0) is 25.6. The summed E-state index contributed by atoms with van der Waals surface area (Å²) in [5.74, 6) is 0.292. The number of aryl methyl sites for hydroxylation is 1. The van der Waals surface area contributed by atoms with E-state index in [0.717, 1.165) is 41.8 Å². The van der Waals surface area contributed by atoms with E-state index >= 15 is 0 Å². The Morgan fingerprint density at radius 2 is 1.54 bits per heavy atom. The van der Waals surface area contributed by atoms with Crippen LogP contribution in [-0.4, -0.2) is 39.6 Å². The molecule has 37 heavy (non-hydrogen) atoms. The lowest BCUT2D eigenvalue weighted by atomic mass is 9.92. The van der Waals surface area contributed by atoms with Crippen LogP contribution in [0.1, 0.15) is 42.1 Å². The summed E-state index contributed by atoms with van der Waals surface area (Å²) in [6.45, 7) is 3.35. The van der Waals surface area contributed by atoms with E-state index in [2.05, 4.69) is 12.2 Å². The number of carbonyl (C=O) groups is 2. The molecule has 1 fully saturated rings. The van der Waals surface area contributed by atoms with Crippen LogP contribution in [-0.2, 0) is 11.2 Å². The van der Waals surface area contributed by atoms with Gasteiger partial charge in [-0.05, 0) is 48.9 Å². The first kappa shape index (κ1) is 24.5. The highest BCUT2D eigenvalue weighted by Crippen LogP contribution is 2.28. The van der Waals surface area contributed by atoms with Crippen molar-refractivity contribution < 1.29 is 9.59 Å². The molecule has 5 rings (SSSR count). The molecule has 0 saturated carbocycles. The van der Waals surface area contributed by atoms with Gasteiger partial charge in [-0.1, -0.05) is 73.7 Å². The van der Waals surface area contributed by atoms with E-state index in [9.17, 15) is 9.59 Å². The van der Waals surface area contributed by atoms with E-state index in [0.29, 0.717) is 30.8 Å². The summed E-state index contributed by atoms with van der Waals surface area (Å²) in [5, 5.41) is 7.87. The highest BCUT2D eigenvalue weighted by molar-refractivity contribution is 6.00. The molecule has 0 bridgehead atoms. The number of benzene rings is 3. The topological polar surface area (TPSA) is 67.2 Å². The second-order valence-electron chi connectivity index (χ2n) is 9.54. The molecule has 3 aromatic carbocycles. The Kier molecular flexibility index (Phi) is 7.45. The highest BCUT2D eigenvalue weighted by atomic mass is 16.2. The lowest BCUT2D eigenvalue weighted by molar-refractivity contribution is -0.117. The predicted octanol–water partition coefficient (Wildman–Crippen LogP) is 5.98. The monoisotopic (exact) mass is 492 g/mol. The molecule has 0 unspecified atom stereocenters. The fourth-order valence-corrected chi connectivity index (χ4v) is 4.98. The summed E-state index contributed by atoms with van der Waals surface area (Å²) >= 11 is 0. The largest absolute Gasteiger partial charge is 0.339 e. The minimum Gasteiger partial charge on any atom is -0.339 e. The van der Waals surface area contributed by atoms with Gasteiger partial charge in [0.15, 0.2) is 0 Å². The van der Waals surface area contributed by atoms with Crippen molar-refractivity contribution in [3.05, 3.63) is 102 Å². The van der Waals surface area contributed by atoms with Gasteiger partial charge in [0.2, 0.25) is 5.91 Å². The fourth-order valence-electron chi connectivity index (χ4n) is 4.98. The first-order chi connectivity index (χ1) is 18.1. The molecule has 0 atom stereocenters. The van der Waals surface area contributed by atoms with Gasteiger partial charge in [0.05, 0.1) is 11.3 Å². The van der Waals surface area contributed by atoms with E-state index < -0.39 is 0 Å². The average Bonchev–Trinajstić information content (AvgIpc) is 3.40. The molecule has 1 aromatic heterocycles. The van der Waals surface area contributed by atoms with Gasteiger partial charge in [-0.2, -0.15) is 5.10 Å². The van der Waals surface area contributed by atoms with Crippen LogP contribution in [0, 0.1) is 5.92 Å². The van der Waals surface area contributed by atoms with Crippen LogP contribution in [0.15, 0.2) is 91.1 Å². The number of nitrogens with zero attached hydrogens (tertiary/aromatic N) is 3. The quantitative estimate of drug-likeness (QED) is 0.345. The van der Waals surface area contributed by atoms with Crippen molar-refractivity contribution in [2.45, 2.75) is 32.6 Å². The van der Waals surface area contributed by atoms with Gasteiger partial charge in [0.25, 0.3) is 5.91 Å². The summed E-state index contributed by atoms with van der Waals surface area (Å²) in [7, 11) is 0. The van der Waals surface area contributed by atoms with Crippen LogP contribution in [0.5, 0.6) is 0 Å². The van der Waals surface area contributed by atoms with Crippen LogP contribution < -0.4 is 5.32 Å². The molecule has 4 aromatic rings. The Balaban J connectivity index is 1.26. The minimum absolute atomic E-state index is 0.0131. The van der Waals surface area contributed by atoms with Crippen molar-refractivity contribution in [2.24, 2.45) is 5.92 Å². The van der Waals surface area contributed by atoms with E-state index in [1.807, 2.05) is 96.0 Å². The van der Waals surface area contributed by atoms with Crippen molar-refractivity contribution >= 4 is 17.5 Å². The molecular formula is C31H32N4O2. The first-order valence-corrected chi connectivity index (χ1v) is 13.0. The zero-order valence-corrected chi connectivity index (χ0v) is 21.1. The smallest absolute Gasteiger partial charge is 0.257 e. The number of piperidine rings is 1. The molecule has 1 aliphatic heterocycles. The second kappa shape index (κ2) is 11.2. The molecular weight excluding hydrogens is 460 g/mol. The Labute approximate surface area is 217 Å². The molecule has 1 aliphatic rings. The van der Waals surface area contributed by atoms with Gasteiger partial charge in [0, 0.05) is 37.0 Å². The molecule has 0 radical (unpaired) electrons. The number of para-hydroxylation sites is 2. The molecule has 1 saturated heterocycles. The van der Waals surface area contributed by atoms with Gasteiger partial charge in [0.1, 0.15) is 5.69 Å². The number of carbonyl (C=O) groups excluding carboxylic acids is 2. The number of nitrogens with one attached hydrogen (secondary N) is 1. The maximum Gasteiger partial charge on any atom is 0.257 e. The maximum absolute atomic E-state index is 13.7. The van der Waals surface area contributed by atoms with Gasteiger partial charge < -0.3 is 10.2 Å². The third kappa shape index (κ3) is 5.64. The number of hydrogen-bond acceptors (Lipinski definition) is 3. The van der Waals surface area contributed by atoms with Crippen molar-refractivity contribution in [1.82, 2.24) is 14.7 Å². The van der Waals surface area contributed by atoms with Crippen LogP contribution in [0.25, 0.3) is 16.9 Å². The summed E-state index contributed by atoms with van der Waals surface area (Å²) in [4.78, 5) is 28.3. The van der Waals surface area contributed by atoms with Crippen molar-refractivity contribution in [2.75, 3.05) is 18.4 Å². The molecule has 0 spiro atoms. The van der Waals surface area contributed by atoms with E-state index in [1.54, 1.807) is 4.68 Å². The minimum atomic E-state index is -0.0131. The van der Waals surface area contributed by atoms with Gasteiger partial charge in [-0.25, -0.2) is 4.68 Å². The van der Waals surface area contributed by atoms with Crippen LogP contribution >= 0.6 is 0 Å². The molecule has 1 N–H and O–H groups in total. The first-order valence-electron chi connectivity index (χ1n) is 13.0. The Morgan fingerprint density at radius 1 is 0.892 bits per heavy atom. The Hall–Kier alpha value is -4.19. The maximum atomic E-state index is 13.7. The number of likely N-dealkylation sites (tertiary alicyclic amines) is 1. The summed E-state index contributed by atoms with van der Waals surface area (Å²) < 4.78 is 1.78. The number of rotatable bonds is 7. The molecule has 2 amide bonds. The summed E-state index contributed by atoms with van der Waals surface area (Å²) in [6, 6.07) is 27.6. The van der Waals surface area contributed by atoms with E-state index in [-0.39, 0.29) is 17.7 Å².